The van der Waals surface area contributed by atoms with E-state index in [4.69, 9.17) is 0 Å². The molecule has 258 valence electrons. The summed E-state index contributed by atoms with van der Waals surface area (Å²) in [4.78, 5) is 0. The maximum Gasteiger partial charge on any atom is 0.0725 e. The number of nitrogens with zero attached hydrogens (tertiary/aromatic N) is 1. The Hall–Kier alpha value is -7.22. The van der Waals surface area contributed by atoms with Gasteiger partial charge < -0.3 is 4.57 Å². The third kappa shape index (κ3) is 3.75. The summed E-state index contributed by atoms with van der Waals surface area (Å²) in [6, 6.07) is 75.0. The monoisotopic (exact) mass is 707 g/mol. The Kier molecular flexibility index (Phi) is 5.89. The highest BCUT2D eigenvalue weighted by Gasteiger charge is 2.51. The Morgan fingerprint density at radius 2 is 0.732 bits per heavy atom. The number of benzene rings is 10. The summed E-state index contributed by atoms with van der Waals surface area (Å²) in [7, 11) is 0. The number of para-hydroxylation sites is 2. The lowest BCUT2D eigenvalue weighted by atomic mass is 9.70. The summed E-state index contributed by atoms with van der Waals surface area (Å²) in [5.41, 5.74) is 16.5. The molecule has 0 saturated heterocycles. The van der Waals surface area contributed by atoms with Crippen molar-refractivity contribution in [2.24, 2.45) is 0 Å². The standard InChI is InChI=1S/C55H33N/c1-2-17-38-37(16-1)45-31-35(34-14-13-15-36(30-34)56-53-26-11-6-21-43(53)44-22-7-12-27-54(44)56)28-29-39(45)47-33-52-48(32-46(38)47)42-20-5-10-25-51(42)55(52)49-23-8-3-18-40(49)41-19-4-9-24-50(41)55/h1-33H. The third-order valence-electron chi connectivity index (χ3n) is 13.0. The molecule has 1 nitrogen and oxygen atoms in total. The Balaban J connectivity index is 1.07. The molecular formula is C55H33N. The van der Waals surface area contributed by atoms with Crippen molar-refractivity contribution in [2.45, 2.75) is 5.41 Å². The molecule has 0 N–H and O–H groups in total. The second-order valence-electron chi connectivity index (χ2n) is 15.6. The molecule has 13 rings (SSSR count). The first-order chi connectivity index (χ1) is 27.8. The van der Waals surface area contributed by atoms with Gasteiger partial charge in [0.25, 0.3) is 0 Å². The summed E-state index contributed by atoms with van der Waals surface area (Å²) in [5.74, 6) is 0. The van der Waals surface area contributed by atoms with Gasteiger partial charge >= 0.3 is 0 Å². The molecule has 0 unspecified atom stereocenters. The molecule has 1 heterocycles. The zero-order valence-corrected chi connectivity index (χ0v) is 30.5. The van der Waals surface area contributed by atoms with Gasteiger partial charge in [-0.15, -0.1) is 0 Å². The largest absolute Gasteiger partial charge is 0.309 e. The quantitative estimate of drug-likeness (QED) is 0.158. The number of hydrogen-bond acceptors (Lipinski definition) is 0. The molecule has 0 saturated carbocycles. The van der Waals surface area contributed by atoms with Crippen molar-refractivity contribution < 1.29 is 0 Å². The van der Waals surface area contributed by atoms with Crippen LogP contribution in [-0.4, -0.2) is 4.57 Å². The van der Waals surface area contributed by atoms with Gasteiger partial charge in [-0.05, 0) is 130 Å². The van der Waals surface area contributed by atoms with Gasteiger partial charge in [-0.25, -0.2) is 0 Å². The fourth-order valence-electron chi connectivity index (χ4n) is 10.7. The predicted molar refractivity (Wildman–Crippen MR) is 235 cm³/mol. The van der Waals surface area contributed by atoms with Crippen LogP contribution in [0.25, 0.3) is 93.2 Å². The normalized spacial score (nSPS) is 13.5. The van der Waals surface area contributed by atoms with Gasteiger partial charge in [-0.3, -0.25) is 0 Å². The van der Waals surface area contributed by atoms with Crippen LogP contribution in [0.3, 0.4) is 0 Å². The van der Waals surface area contributed by atoms with Gasteiger partial charge in [0.05, 0.1) is 16.4 Å². The van der Waals surface area contributed by atoms with Crippen molar-refractivity contribution in [3.63, 3.8) is 0 Å². The molecule has 0 atom stereocenters. The van der Waals surface area contributed by atoms with E-state index >= 15 is 0 Å². The first-order valence-electron chi connectivity index (χ1n) is 19.6. The van der Waals surface area contributed by atoms with E-state index in [0.29, 0.717) is 0 Å². The van der Waals surface area contributed by atoms with Gasteiger partial charge in [0, 0.05) is 16.5 Å². The van der Waals surface area contributed by atoms with Crippen LogP contribution in [0.4, 0.5) is 0 Å². The molecule has 0 bridgehead atoms. The van der Waals surface area contributed by atoms with Crippen molar-refractivity contribution in [3.05, 3.63) is 222 Å². The maximum absolute atomic E-state index is 2.56. The molecule has 0 fully saturated rings. The Bertz CT molecular complexity index is 3390. The van der Waals surface area contributed by atoms with E-state index in [9.17, 15) is 0 Å². The lowest BCUT2D eigenvalue weighted by molar-refractivity contribution is 0.795. The van der Waals surface area contributed by atoms with E-state index in [2.05, 4.69) is 205 Å². The minimum atomic E-state index is -0.377. The Morgan fingerprint density at radius 1 is 0.268 bits per heavy atom. The van der Waals surface area contributed by atoms with E-state index in [1.165, 1.54) is 115 Å². The van der Waals surface area contributed by atoms with Crippen LogP contribution in [-0.2, 0) is 5.41 Å². The molecule has 1 spiro atoms. The van der Waals surface area contributed by atoms with Gasteiger partial charge in [0.15, 0.2) is 0 Å². The molecular weight excluding hydrogens is 675 g/mol. The Labute approximate surface area is 324 Å². The molecule has 2 aliphatic rings. The average Bonchev–Trinajstić information content (AvgIpc) is 3.87. The van der Waals surface area contributed by atoms with Crippen molar-refractivity contribution in [2.75, 3.05) is 0 Å². The van der Waals surface area contributed by atoms with Crippen molar-refractivity contribution >= 4 is 54.1 Å². The van der Waals surface area contributed by atoms with E-state index in [0.717, 1.165) is 0 Å². The molecule has 0 radical (unpaired) electrons. The van der Waals surface area contributed by atoms with Crippen LogP contribution >= 0.6 is 0 Å². The first-order valence-corrected chi connectivity index (χ1v) is 19.6. The molecule has 10 aromatic carbocycles. The number of hydrogen-bond donors (Lipinski definition) is 0. The van der Waals surface area contributed by atoms with Gasteiger partial charge in [-0.1, -0.05) is 158 Å². The molecule has 0 aliphatic heterocycles. The number of rotatable bonds is 2. The fraction of sp³-hybridized carbons (Fsp3) is 0.0182. The maximum atomic E-state index is 2.56. The smallest absolute Gasteiger partial charge is 0.0725 e. The zero-order chi connectivity index (χ0) is 36.5. The summed E-state index contributed by atoms with van der Waals surface area (Å²) in [6.45, 7) is 0. The van der Waals surface area contributed by atoms with E-state index in [1.54, 1.807) is 0 Å². The second-order valence-corrected chi connectivity index (χ2v) is 15.6. The van der Waals surface area contributed by atoms with Crippen LogP contribution in [0.2, 0.25) is 0 Å². The van der Waals surface area contributed by atoms with Crippen LogP contribution in [0.1, 0.15) is 22.3 Å². The van der Waals surface area contributed by atoms with Crippen LogP contribution in [0, 0.1) is 0 Å². The van der Waals surface area contributed by atoms with Crippen LogP contribution < -0.4 is 0 Å². The van der Waals surface area contributed by atoms with Crippen molar-refractivity contribution in [1.29, 1.82) is 0 Å². The molecule has 2 aliphatic carbocycles. The van der Waals surface area contributed by atoms with Crippen LogP contribution in [0.15, 0.2) is 200 Å². The van der Waals surface area contributed by atoms with Gasteiger partial charge in [-0.2, -0.15) is 0 Å². The average molecular weight is 708 g/mol. The van der Waals surface area contributed by atoms with E-state index in [1.807, 2.05) is 0 Å². The number of fused-ring (bicyclic) bond motifs is 19. The first kappa shape index (κ1) is 30.1. The molecule has 11 aromatic rings. The van der Waals surface area contributed by atoms with Crippen molar-refractivity contribution in [1.82, 2.24) is 4.57 Å². The third-order valence-corrected chi connectivity index (χ3v) is 13.0. The summed E-state index contributed by atoms with van der Waals surface area (Å²) >= 11 is 0. The molecule has 56 heavy (non-hydrogen) atoms. The predicted octanol–water partition coefficient (Wildman–Crippen LogP) is 14.3. The molecule has 1 aromatic heterocycles. The SMILES string of the molecule is c1cc(-c2ccc3c(c2)c2ccccc2c2cc4c(cc32)C2(c3ccccc3-c3ccccc32)c2ccccc2-4)cc(-n2c3ccccc3c3ccccc32)c1. The number of aromatic nitrogens is 1. The van der Waals surface area contributed by atoms with E-state index < -0.39 is 0 Å². The lowest BCUT2D eigenvalue weighted by Gasteiger charge is -2.30. The summed E-state index contributed by atoms with van der Waals surface area (Å²) < 4.78 is 2.41. The minimum Gasteiger partial charge on any atom is -0.309 e. The van der Waals surface area contributed by atoms with E-state index in [-0.39, 0.29) is 5.41 Å². The lowest BCUT2D eigenvalue weighted by Crippen LogP contribution is -2.25. The van der Waals surface area contributed by atoms with Crippen LogP contribution in [0.5, 0.6) is 0 Å². The Morgan fingerprint density at radius 3 is 1.36 bits per heavy atom. The van der Waals surface area contributed by atoms with Crippen molar-refractivity contribution in [3.8, 4) is 39.1 Å². The topological polar surface area (TPSA) is 4.93 Å². The minimum absolute atomic E-state index is 0.377. The highest BCUT2D eigenvalue weighted by Crippen LogP contribution is 2.63. The van der Waals surface area contributed by atoms with Gasteiger partial charge in [0.1, 0.15) is 0 Å². The highest BCUT2D eigenvalue weighted by atomic mass is 15.0. The zero-order valence-electron chi connectivity index (χ0n) is 30.5. The van der Waals surface area contributed by atoms with Gasteiger partial charge in [0.2, 0.25) is 0 Å². The molecule has 0 amide bonds. The fourth-order valence-corrected chi connectivity index (χ4v) is 10.7. The molecule has 1 heteroatoms. The summed E-state index contributed by atoms with van der Waals surface area (Å²) in [6.07, 6.45) is 0. The second kappa shape index (κ2) is 10.9. The highest BCUT2D eigenvalue weighted by molar-refractivity contribution is 6.27. The summed E-state index contributed by atoms with van der Waals surface area (Å²) in [5, 5.41) is 10.3.